The zero-order valence-electron chi connectivity index (χ0n) is 12.7. The molecule has 0 saturated carbocycles. The van der Waals surface area contributed by atoms with Crippen LogP contribution in [0, 0.1) is 0 Å². The fourth-order valence-electron chi connectivity index (χ4n) is 2.57. The average molecular weight is 323 g/mol. The fourth-order valence-corrected chi connectivity index (χ4v) is 2.57. The van der Waals surface area contributed by atoms with Crippen molar-refractivity contribution in [3.63, 3.8) is 0 Å². The number of aromatic amines is 1. The highest BCUT2D eigenvalue weighted by Crippen LogP contribution is 2.20. The van der Waals surface area contributed by atoms with Crippen LogP contribution in [0.25, 0.3) is 27.8 Å². The number of nitrogens with one attached hydrogen (secondary N) is 2. The number of rotatable bonds is 2. The maximum atomic E-state index is 12.6. The predicted octanol–water partition coefficient (Wildman–Crippen LogP) is 1.04. The van der Waals surface area contributed by atoms with Gasteiger partial charge in [-0.05, 0) is 19.1 Å². The number of carbonyl (C=O) groups is 1. The normalized spacial score (nSPS) is 11.2. The second-order valence-electron chi connectivity index (χ2n) is 5.12. The Morgan fingerprint density at radius 1 is 1.25 bits per heavy atom. The molecule has 1 amide bonds. The topological polar surface area (TPSA) is 110 Å². The van der Waals surface area contributed by atoms with Crippen molar-refractivity contribution in [3.8, 4) is 5.82 Å². The van der Waals surface area contributed by atoms with E-state index in [2.05, 4.69) is 25.5 Å². The van der Waals surface area contributed by atoms with Crippen LogP contribution in [0.2, 0.25) is 0 Å². The maximum absolute atomic E-state index is 12.6. The molecule has 0 spiro atoms. The standard InChI is InChI=1S/C15H13N7O2/c1-2-16-15(24)22-13-9(8-19-22)12-10(7-18-13)14(23)21(20-12)11-5-3-4-6-17-11/h3-8,20H,2H2,1H3,(H,16,24). The second kappa shape index (κ2) is 5.30. The highest BCUT2D eigenvalue weighted by atomic mass is 16.2. The minimum absolute atomic E-state index is 0.260. The van der Waals surface area contributed by atoms with Crippen LogP contribution >= 0.6 is 0 Å². The van der Waals surface area contributed by atoms with Gasteiger partial charge in [0.15, 0.2) is 11.5 Å². The first-order valence-corrected chi connectivity index (χ1v) is 7.37. The molecular formula is C15H13N7O2. The third-order valence-corrected chi connectivity index (χ3v) is 3.65. The molecule has 0 bridgehead atoms. The molecule has 0 aliphatic carbocycles. The number of pyridine rings is 2. The van der Waals surface area contributed by atoms with Gasteiger partial charge in [-0.3, -0.25) is 9.89 Å². The Bertz CT molecular complexity index is 1110. The molecule has 0 saturated heterocycles. The summed E-state index contributed by atoms with van der Waals surface area (Å²) in [6.07, 6.45) is 4.56. The number of hydrogen-bond donors (Lipinski definition) is 2. The molecule has 0 aromatic carbocycles. The number of hydrogen-bond acceptors (Lipinski definition) is 5. The molecule has 4 aromatic rings. The van der Waals surface area contributed by atoms with Gasteiger partial charge < -0.3 is 5.32 Å². The van der Waals surface area contributed by atoms with Gasteiger partial charge in [-0.1, -0.05) is 6.07 Å². The minimum Gasteiger partial charge on any atom is -0.336 e. The minimum atomic E-state index is -0.370. The quantitative estimate of drug-likeness (QED) is 0.572. The third-order valence-electron chi connectivity index (χ3n) is 3.65. The molecule has 0 atom stereocenters. The lowest BCUT2D eigenvalue weighted by atomic mass is 10.2. The Labute approximate surface area is 134 Å². The van der Waals surface area contributed by atoms with E-state index in [4.69, 9.17) is 0 Å². The highest BCUT2D eigenvalue weighted by Gasteiger charge is 2.17. The van der Waals surface area contributed by atoms with Crippen molar-refractivity contribution in [1.82, 2.24) is 34.8 Å². The summed E-state index contributed by atoms with van der Waals surface area (Å²) >= 11 is 0. The molecule has 120 valence electrons. The number of fused-ring (bicyclic) bond motifs is 3. The van der Waals surface area contributed by atoms with E-state index in [9.17, 15) is 9.59 Å². The Hall–Kier alpha value is -3.49. The van der Waals surface area contributed by atoms with Gasteiger partial charge in [0.1, 0.15) is 0 Å². The van der Waals surface area contributed by atoms with E-state index < -0.39 is 0 Å². The summed E-state index contributed by atoms with van der Waals surface area (Å²) in [7, 11) is 0. The van der Waals surface area contributed by atoms with Crippen LogP contribution in [0.5, 0.6) is 0 Å². The molecular weight excluding hydrogens is 310 g/mol. The molecule has 4 heterocycles. The largest absolute Gasteiger partial charge is 0.344 e. The number of amides is 1. The van der Waals surface area contributed by atoms with Gasteiger partial charge >= 0.3 is 6.03 Å². The Morgan fingerprint density at radius 2 is 2.12 bits per heavy atom. The molecule has 4 rings (SSSR count). The summed E-state index contributed by atoms with van der Waals surface area (Å²) in [4.78, 5) is 33.0. The number of nitrogens with zero attached hydrogens (tertiary/aromatic N) is 5. The average Bonchev–Trinajstić information content (AvgIpc) is 3.17. The summed E-state index contributed by atoms with van der Waals surface area (Å²) in [6, 6.07) is 4.92. The molecule has 0 aliphatic rings. The van der Waals surface area contributed by atoms with Crippen molar-refractivity contribution >= 4 is 28.0 Å². The molecule has 0 radical (unpaired) electrons. The maximum Gasteiger partial charge on any atom is 0.344 e. The number of H-pyrrole nitrogens is 1. The van der Waals surface area contributed by atoms with Crippen molar-refractivity contribution in [2.75, 3.05) is 6.54 Å². The molecule has 9 nitrogen and oxygen atoms in total. The summed E-state index contributed by atoms with van der Waals surface area (Å²) in [6.45, 7) is 2.30. The van der Waals surface area contributed by atoms with E-state index in [1.165, 1.54) is 21.8 Å². The first kappa shape index (κ1) is 14.1. The van der Waals surface area contributed by atoms with Gasteiger partial charge in [0.2, 0.25) is 0 Å². The van der Waals surface area contributed by atoms with E-state index in [1.807, 2.05) is 6.92 Å². The van der Waals surface area contributed by atoms with Crippen molar-refractivity contribution in [2.24, 2.45) is 0 Å². The van der Waals surface area contributed by atoms with Crippen molar-refractivity contribution in [1.29, 1.82) is 0 Å². The number of aromatic nitrogens is 6. The molecule has 24 heavy (non-hydrogen) atoms. The van der Waals surface area contributed by atoms with Gasteiger partial charge in [0, 0.05) is 18.9 Å². The summed E-state index contributed by atoms with van der Waals surface area (Å²) < 4.78 is 2.52. The highest BCUT2D eigenvalue weighted by molar-refractivity contribution is 6.03. The predicted molar refractivity (Wildman–Crippen MR) is 87.2 cm³/mol. The van der Waals surface area contributed by atoms with Crippen LogP contribution in [-0.4, -0.2) is 42.1 Å². The monoisotopic (exact) mass is 323 g/mol. The van der Waals surface area contributed by atoms with E-state index in [1.54, 1.807) is 24.4 Å². The van der Waals surface area contributed by atoms with Crippen LogP contribution < -0.4 is 10.9 Å². The van der Waals surface area contributed by atoms with Crippen LogP contribution in [0.15, 0.2) is 41.6 Å². The van der Waals surface area contributed by atoms with Gasteiger partial charge in [-0.25, -0.2) is 19.4 Å². The van der Waals surface area contributed by atoms with Gasteiger partial charge in [0.05, 0.1) is 22.5 Å². The van der Waals surface area contributed by atoms with Crippen LogP contribution in [0.1, 0.15) is 6.92 Å². The first-order chi connectivity index (χ1) is 11.7. The summed E-state index contributed by atoms with van der Waals surface area (Å²) in [5.74, 6) is 0.475. The molecule has 0 fully saturated rings. The Kier molecular flexibility index (Phi) is 3.12. The number of carbonyl (C=O) groups excluding carboxylic acids is 1. The van der Waals surface area contributed by atoms with E-state index in [-0.39, 0.29) is 11.6 Å². The van der Waals surface area contributed by atoms with Gasteiger partial charge in [0.25, 0.3) is 5.56 Å². The molecule has 2 N–H and O–H groups in total. The molecule has 4 aromatic heterocycles. The van der Waals surface area contributed by atoms with E-state index in [0.29, 0.717) is 34.3 Å². The fraction of sp³-hybridized carbons (Fsp3) is 0.133. The molecule has 9 heteroatoms. The first-order valence-electron chi connectivity index (χ1n) is 7.37. The van der Waals surface area contributed by atoms with Crippen LogP contribution in [-0.2, 0) is 0 Å². The Morgan fingerprint density at radius 3 is 2.88 bits per heavy atom. The third kappa shape index (κ3) is 1.98. The lowest BCUT2D eigenvalue weighted by molar-refractivity contribution is 0.241. The Balaban J connectivity index is 1.97. The summed E-state index contributed by atoms with van der Waals surface area (Å²) in [5, 5.41) is 10.8. The van der Waals surface area contributed by atoms with Crippen LogP contribution in [0.4, 0.5) is 4.79 Å². The SMILES string of the molecule is CCNC(=O)n1ncc2c3[nH]n(-c4ccccn4)c(=O)c3cnc21. The lowest BCUT2D eigenvalue weighted by Crippen LogP contribution is -2.29. The second-order valence-corrected chi connectivity index (χ2v) is 5.12. The van der Waals surface area contributed by atoms with Gasteiger partial charge in [-0.15, -0.1) is 0 Å². The smallest absolute Gasteiger partial charge is 0.336 e. The zero-order chi connectivity index (χ0) is 16.7. The van der Waals surface area contributed by atoms with Crippen molar-refractivity contribution in [3.05, 3.63) is 47.1 Å². The van der Waals surface area contributed by atoms with E-state index >= 15 is 0 Å². The van der Waals surface area contributed by atoms with Crippen molar-refractivity contribution in [2.45, 2.75) is 6.92 Å². The van der Waals surface area contributed by atoms with Gasteiger partial charge in [-0.2, -0.15) is 9.78 Å². The molecule has 0 aliphatic heterocycles. The van der Waals surface area contributed by atoms with Crippen LogP contribution in [0.3, 0.4) is 0 Å². The lowest BCUT2D eigenvalue weighted by Gasteiger charge is -2.01. The molecule has 0 unspecified atom stereocenters. The van der Waals surface area contributed by atoms with E-state index in [0.717, 1.165) is 0 Å². The zero-order valence-corrected chi connectivity index (χ0v) is 12.7. The van der Waals surface area contributed by atoms with Crippen molar-refractivity contribution < 1.29 is 4.79 Å². The summed E-state index contributed by atoms with van der Waals surface area (Å²) in [5.41, 5.74) is 0.679.